The van der Waals surface area contributed by atoms with Crippen LogP contribution in [0.4, 0.5) is 5.95 Å². The topological polar surface area (TPSA) is 112 Å². The van der Waals surface area contributed by atoms with Crippen LogP contribution in [0.15, 0.2) is 41.9 Å². The summed E-state index contributed by atoms with van der Waals surface area (Å²) in [4.78, 5) is 41.1. The Balaban J connectivity index is 1.37. The van der Waals surface area contributed by atoms with Crippen LogP contribution >= 0.6 is 11.3 Å². The third kappa shape index (κ3) is 3.96. The molecule has 3 aromatic rings. The van der Waals surface area contributed by atoms with Gasteiger partial charge in [-0.15, -0.1) is 11.3 Å². The molecule has 2 saturated heterocycles. The second-order valence-corrected chi connectivity index (χ2v) is 9.40. The molecule has 33 heavy (non-hydrogen) atoms. The molecule has 9 nitrogen and oxygen atoms in total. The van der Waals surface area contributed by atoms with Gasteiger partial charge in [0.1, 0.15) is 10.7 Å². The Bertz CT molecular complexity index is 1230. The maximum Gasteiger partial charge on any atom is 0.258 e. The van der Waals surface area contributed by atoms with Crippen molar-refractivity contribution in [1.82, 2.24) is 24.8 Å². The van der Waals surface area contributed by atoms with Crippen LogP contribution in [0.2, 0.25) is 0 Å². The standard InChI is InChI=1S/C23H24N6O3S/c1-28-9-7-23(32,21(28)31)15-5-3-4-14(10-15)20-26-18(13-33-20)17-6-8-24-22(27-17)25-16-11-19(30)29(2)12-16/h3-6,8,10,13,16,32H,7,9,11-12H2,1-2H3,(H,24,25,27)/t16-,23-/m1/s1. The van der Waals surface area contributed by atoms with Gasteiger partial charge in [-0.05, 0) is 17.7 Å². The van der Waals surface area contributed by atoms with Gasteiger partial charge in [0, 0.05) is 57.2 Å². The highest BCUT2D eigenvalue weighted by Crippen LogP contribution is 2.36. The molecule has 2 N–H and O–H groups in total. The summed E-state index contributed by atoms with van der Waals surface area (Å²) in [6, 6.07) is 9.14. The number of hydrogen-bond donors (Lipinski definition) is 2. The first-order valence-electron chi connectivity index (χ1n) is 10.7. The van der Waals surface area contributed by atoms with E-state index in [9.17, 15) is 14.7 Å². The van der Waals surface area contributed by atoms with Gasteiger partial charge in [-0.1, -0.05) is 18.2 Å². The van der Waals surface area contributed by atoms with E-state index >= 15 is 0 Å². The van der Waals surface area contributed by atoms with Gasteiger partial charge in [-0.25, -0.2) is 15.0 Å². The SMILES string of the molecule is CN1C[C@H](Nc2nccc(-c3csc(-c4cccc([C@]5(O)CCN(C)C5=O)c4)n3)n2)CC1=O. The van der Waals surface area contributed by atoms with Gasteiger partial charge < -0.3 is 20.2 Å². The van der Waals surface area contributed by atoms with Crippen LogP contribution in [0.1, 0.15) is 18.4 Å². The molecule has 10 heteroatoms. The van der Waals surface area contributed by atoms with Gasteiger partial charge in [0.15, 0.2) is 5.60 Å². The molecule has 2 fully saturated rings. The first-order chi connectivity index (χ1) is 15.8. The lowest BCUT2D eigenvalue weighted by Gasteiger charge is -2.21. The fourth-order valence-electron chi connectivity index (χ4n) is 4.27. The average molecular weight is 465 g/mol. The Labute approximate surface area is 195 Å². The van der Waals surface area contributed by atoms with Gasteiger partial charge in [-0.2, -0.15) is 0 Å². The summed E-state index contributed by atoms with van der Waals surface area (Å²) in [5, 5.41) is 16.9. The molecule has 2 atom stereocenters. The fourth-order valence-corrected chi connectivity index (χ4v) is 5.08. The number of nitrogens with zero attached hydrogens (tertiary/aromatic N) is 5. The highest BCUT2D eigenvalue weighted by Gasteiger charge is 2.45. The van der Waals surface area contributed by atoms with Crippen molar-refractivity contribution in [2.45, 2.75) is 24.5 Å². The van der Waals surface area contributed by atoms with Crippen molar-refractivity contribution in [2.75, 3.05) is 32.5 Å². The van der Waals surface area contributed by atoms with Crippen LogP contribution in [0, 0.1) is 0 Å². The lowest BCUT2D eigenvalue weighted by Crippen LogP contribution is -2.36. The van der Waals surface area contributed by atoms with Crippen molar-refractivity contribution >= 4 is 29.1 Å². The van der Waals surface area contributed by atoms with Crippen molar-refractivity contribution in [3.05, 3.63) is 47.5 Å². The van der Waals surface area contributed by atoms with Gasteiger partial charge in [0.05, 0.1) is 11.7 Å². The van der Waals surface area contributed by atoms with E-state index in [4.69, 9.17) is 4.98 Å². The van der Waals surface area contributed by atoms with Crippen LogP contribution in [0.5, 0.6) is 0 Å². The third-order valence-electron chi connectivity index (χ3n) is 6.19. The molecule has 2 aromatic heterocycles. The number of rotatable bonds is 5. The van der Waals surface area contributed by atoms with Crippen LogP contribution in [-0.2, 0) is 15.2 Å². The maximum atomic E-state index is 12.5. The smallest absolute Gasteiger partial charge is 0.258 e. The van der Waals surface area contributed by atoms with Gasteiger partial charge in [0.25, 0.3) is 5.91 Å². The van der Waals surface area contributed by atoms with Crippen molar-refractivity contribution in [1.29, 1.82) is 0 Å². The van der Waals surface area contributed by atoms with E-state index < -0.39 is 5.60 Å². The molecule has 170 valence electrons. The van der Waals surface area contributed by atoms with Crippen molar-refractivity contribution < 1.29 is 14.7 Å². The van der Waals surface area contributed by atoms with Crippen LogP contribution in [0.25, 0.3) is 22.0 Å². The predicted molar refractivity (Wildman–Crippen MR) is 124 cm³/mol. The summed E-state index contributed by atoms with van der Waals surface area (Å²) in [6.07, 6.45) is 2.46. The van der Waals surface area contributed by atoms with E-state index in [1.807, 2.05) is 23.6 Å². The quantitative estimate of drug-likeness (QED) is 0.594. The number of aromatic nitrogens is 3. The summed E-state index contributed by atoms with van der Waals surface area (Å²) in [7, 11) is 3.48. The van der Waals surface area contributed by atoms with Crippen LogP contribution in [-0.4, -0.2) is 74.9 Å². The van der Waals surface area contributed by atoms with Crippen LogP contribution < -0.4 is 5.32 Å². The molecule has 0 aliphatic carbocycles. The molecule has 0 bridgehead atoms. The minimum absolute atomic E-state index is 0.0189. The zero-order chi connectivity index (χ0) is 23.2. The van der Waals surface area contributed by atoms with Crippen molar-refractivity contribution in [3.8, 4) is 22.0 Å². The lowest BCUT2D eigenvalue weighted by molar-refractivity contribution is -0.143. The summed E-state index contributed by atoms with van der Waals surface area (Å²) in [6.45, 7) is 1.14. The van der Waals surface area contributed by atoms with Crippen LogP contribution in [0.3, 0.4) is 0 Å². The summed E-state index contributed by atoms with van der Waals surface area (Å²) >= 11 is 1.47. The number of thiazole rings is 1. The number of anilines is 1. The molecule has 0 spiro atoms. The monoisotopic (exact) mass is 464 g/mol. The number of hydrogen-bond acceptors (Lipinski definition) is 8. The first kappa shape index (κ1) is 21.5. The van der Waals surface area contributed by atoms with Gasteiger partial charge >= 0.3 is 0 Å². The molecule has 4 heterocycles. The Morgan fingerprint density at radius 3 is 2.73 bits per heavy atom. The van der Waals surface area contributed by atoms with E-state index in [0.29, 0.717) is 48.8 Å². The third-order valence-corrected chi connectivity index (χ3v) is 7.08. The molecular weight excluding hydrogens is 440 g/mol. The van der Waals surface area contributed by atoms with E-state index in [1.54, 1.807) is 42.2 Å². The zero-order valence-electron chi connectivity index (χ0n) is 18.4. The molecule has 0 unspecified atom stereocenters. The highest BCUT2D eigenvalue weighted by atomic mass is 32.1. The molecule has 0 saturated carbocycles. The Morgan fingerprint density at radius 1 is 1.15 bits per heavy atom. The Hall–Kier alpha value is -3.37. The summed E-state index contributed by atoms with van der Waals surface area (Å²) < 4.78 is 0. The maximum absolute atomic E-state index is 12.5. The van der Waals surface area contributed by atoms with Gasteiger partial charge in [0.2, 0.25) is 11.9 Å². The molecule has 2 aliphatic rings. The average Bonchev–Trinajstić information content (AvgIpc) is 3.50. The summed E-state index contributed by atoms with van der Waals surface area (Å²) in [5.41, 5.74) is 1.30. The predicted octanol–water partition coefficient (Wildman–Crippen LogP) is 1.96. The molecule has 2 aliphatic heterocycles. The number of likely N-dealkylation sites (N-methyl/N-ethyl adjacent to an activating group) is 2. The zero-order valence-corrected chi connectivity index (χ0v) is 19.2. The number of benzene rings is 1. The number of aliphatic hydroxyl groups is 1. The minimum atomic E-state index is -1.49. The van der Waals surface area contributed by atoms with E-state index in [-0.39, 0.29) is 17.9 Å². The molecular formula is C23H24N6O3S. The molecule has 2 amide bonds. The number of amides is 2. The van der Waals surface area contributed by atoms with Crippen molar-refractivity contribution in [3.63, 3.8) is 0 Å². The number of carbonyl (C=O) groups excluding carboxylic acids is 2. The Morgan fingerprint density at radius 2 is 2.00 bits per heavy atom. The summed E-state index contributed by atoms with van der Waals surface area (Å²) in [5.74, 6) is 0.282. The second-order valence-electron chi connectivity index (χ2n) is 8.54. The molecule has 1 aromatic carbocycles. The molecule has 0 radical (unpaired) electrons. The lowest BCUT2D eigenvalue weighted by atomic mass is 9.91. The van der Waals surface area contributed by atoms with E-state index in [0.717, 1.165) is 10.6 Å². The largest absolute Gasteiger partial charge is 0.375 e. The fraction of sp³-hybridized carbons (Fsp3) is 0.348. The first-order valence-corrected chi connectivity index (χ1v) is 11.6. The van der Waals surface area contributed by atoms with E-state index in [1.165, 1.54) is 11.3 Å². The molecule has 5 rings (SSSR count). The minimum Gasteiger partial charge on any atom is -0.375 e. The van der Waals surface area contributed by atoms with Crippen molar-refractivity contribution in [2.24, 2.45) is 0 Å². The number of carbonyl (C=O) groups is 2. The van der Waals surface area contributed by atoms with Gasteiger partial charge in [-0.3, -0.25) is 9.59 Å². The number of likely N-dealkylation sites (tertiary alicyclic amines) is 2. The normalized spacial score (nSPS) is 22.9. The number of nitrogens with one attached hydrogen (secondary N) is 1. The Kier molecular flexibility index (Phi) is 5.34. The van der Waals surface area contributed by atoms with E-state index in [2.05, 4.69) is 15.3 Å². The highest BCUT2D eigenvalue weighted by molar-refractivity contribution is 7.13. The second kappa shape index (κ2) is 8.20.